The van der Waals surface area contributed by atoms with Crippen LogP contribution in [0.15, 0.2) is 85.6 Å². The van der Waals surface area contributed by atoms with Crippen LogP contribution in [0, 0.1) is 5.82 Å². The lowest BCUT2D eigenvalue weighted by Crippen LogP contribution is -2.34. The maximum atomic E-state index is 13.5. The highest BCUT2D eigenvalue weighted by molar-refractivity contribution is 6.30. The molecule has 1 aromatic heterocycles. The van der Waals surface area contributed by atoms with Crippen LogP contribution in [0.5, 0.6) is 0 Å². The number of nitrogens with zero attached hydrogens (tertiary/aromatic N) is 2. The van der Waals surface area contributed by atoms with Gasteiger partial charge in [-0.3, -0.25) is 4.79 Å². The van der Waals surface area contributed by atoms with E-state index in [4.69, 9.17) is 11.6 Å². The number of halogens is 2. The highest BCUT2D eigenvalue weighted by Gasteiger charge is 2.24. The lowest BCUT2D eigenvalue weighted by Gasteiger charge is -2.24. The number of hydrogen-bond donors (Lipinski definition) is 0. The predicted octanol–water partition coefficient (Wildman–Crippen LogP) is 5.17. The van der Waals surface area contributed by atoms with E-state index in [-0.39, 0.29) is 11.7 Å². The first-order valence-electron chi connectivity index (χ1n) is 9.05. The van der Waals surface area contributed by atoms with Gasteiger partial charge in [-0.05, 0) is 35.4 Å². The van der Waals surface area contributed by atoms with Crippen LogP contribution < -0.4 is 0 Å². The van der Waals surface area contributed by atoms with E-state index in [1.165, 1.54) is 12.1 Å². The Morgan fingerprint density at radius 3 is 2.64 bits per heavy atom. The minimum atomic E-state index is -0.757. The smallest absolute Gasteiger partial charge is 0.245 e. The van der Waals surface area contributed by atoms with E-state index in [1.807, 2.05) is 59.3 Å². The van der Waals surface area contributed by atoms with E-state index >= 15 is 0 Å². The van der Waals surface area contributed by atoms with Crippen LogP contribution >= 0.6 is 11.6 Å². The first-order valence-corrected chi connectivity index (χ1v) is 9.49. The molecule has 144 valence electrons. The van der Waals surface area contributed by atoms with Gasteiger partial charge in [0.25, 0.3) is 0 Å². The molecule has 0 unspecified atom stereocenters. The number of carbonyl (C=O) groups excluding carboxylic acids is 1. The minimum absolute atomic E-state index is 0.175. The molecule has 0 aliphatic rings. The Morgan fingerprint density at radius 2 is 1.93 bits per heavy atom. The van der Waals surface area contributed by atoms with Crippen molar-refractivity contribution in [3.05, 3.63) is 108 Å². The largest absolute Gasteiger partial charge is 0.345 e. The Balaban J connectivity index is 1.77. The molecule has 0 bridgehead atoms. The van der Waals surface area contributed by atoms with Gasteiger partial charge < -0.3 is 9.47 Å². The summed E-state index contributed by atoms with van der Waals surface area (Å²) in [6.45, 7) is 5.07. The second-order valence-electron chi connectivity index (χ2n) is 6.54. The van der Waals surface area contributed by atoms with Gasteiger partial charge in [0.15, 0.2) is 0 Å². The molecule has 0 spiro atoms. The Bertz CT molecular complexity index is 939. The number of benzene rings is 2. The average molecular weight is 397 g/mol. The van der Waals surface area contributed by atoms with Crippen molar-refractivity contribution < 1.29 is 9.18 Å². The summed E-state index contributed by atoms with van der Waals surface area (Å²) in [5.74, 6) is -0.436. The molecule has 3 aromatic rings. The number of aromatic nitrogens is 1. The highest BCUT2D eigenvalue weighted by atomic mass is 35.5. The van der Waals surface area contributed by atoms with Crippen molar-refractivity contribution in [1.29, 1.82) is 0 Å². The first-order chi connectivity index (χ1) is 13.6. The van der Waals surface area contributed by atoms with E-state index in [9.17, 15) is 9.18 Å². The molecule has 2 aromatic carbocycles. The van der Waals surface area contributed by atoms with Crippen LogP contribution in [-0.2, 0) is 17.9 Å². The van der Waals surface area contributed by atoms with Crippen molar-refractivity contribution in [2.75, 3.05) is 6.54 Å². The van der Waals surface area contributed by atoms with Crippen molar-refractivity contribution >= 4 is 17.5 Å². The van der Waals surface area contributed by atoms with Crippen molar-refractivity contribution in [3.63, 3.8) is 0 Å². The number of alkyl halides is 1. The van der Waals surface area contributed by atoms with Crippen molar-refractivity contribution in [2.24, 2.45) is 0 Å². The third kappa shape index (κ3) is 4.90. The number of hydrogen-bond acceptors (Lipinski definition) is 1. The van der Waals surface area contributed by atoms with Gasteiger partial charge in [-0.2, -0.15) is 0 Å². The monoisotopic (exact) mass is 396 g/mol. The zero-order valence-electron chi connectivity index (χ0n) is 15.5. The Labute approximate surface area is 169 Å². The molecule has 3 rings (SSSR count). The molecule has 0 radical (unpaired) electrons. The molecule has 0 saturated heterocycles. The molecule has 5 heteroatoms. The first kappa shape index (κ1) is 19.9. The summed E-state index contributed by atoms with van der Waals surface area (Å²) in [6, 6.07) is 19.7. The molecular weight excluding hydrogens is 375 g/mol. The third-order valence-electron chi connectivity index (χ3n) is 4.49. The summed E-state index contributed by atoms with van der Waals surface area (Å²) < 4.78 is 15.5. The van der Waals surface area contributed by atoms with E-state index in [1.54, 1.807) is 17.0 Å². The van der Waals surface area contributed by atoms with Gasteiger partial charge in [-0.25, -0.2) is 4.39 Å². The fourth-order valence-electron chi connectivity index (χ4n) is 3.09. The maximum absolute atomic E-state index is 13.5. The Morgan fingerprint density at radius 1 is 1.14 bits per heavy atom. The Hall–Kier alpha value is -2.85. The molecule has 0 aliphatic heterocycles. The van der Waals surface area contributed by atoms with Crippen molar-refractivity contribution in [1.82, 2.24) is 9.47 Å². The quantitative estimate of drug-likeness (QED) is 0.381. The molecule has 0 saturated carbocycles. The summed E-state index contributed by atoms with van der Waals surface area (Å²) in [4.78, 5) is 14.6. The van der Waals surface area contributed by atoms with E-state index in [0.29, 0.717) is 19.6 Å². The number of rotatable bonds is 8. The third-order valence-corrected chi connectivity index (χ3v) is 4.93. The number of carbonyl (C=O) groups is 1. The zero-order chi connectivity index (χ0) is 19.9. The lowest BCUT2D eigenvalue weighted by atomic mass is 10.1. The van der Waals surface area contributed by atoms with Gasteiger partial charge in [0.05, 0.1) is 6.54 Å². The SMILES string of the molecule is C=CCN(Cc1cccn1Cc1cccc(F)c1)C(=O)[C@H](Cl)c1ccccc1. The van der Waals surface area contributed by atoms with Crippen LogP contribution in [0.1, 0.15) is 22.2 Å². The molecule has 1 amide bonds. The topological polar surface area (TPSA) is 25.2 Å². The fraction of sp³-hybridized carbons (Fsp3) is 0.174. The molecule has 0 N–H and O–H groups in total. The summed E-state index contributed by atoms with van der Waals surface area (Å²) in [6.07, 6.45) is 3.61. The average Bonchev–Trinajstić information content (AvgIpc) is 3.14. The predicted molar refractivity (Wildman–Crippen MR) is 111 cm³/mol. The summed E-state index contributed by atoms with van der Waals surface area (Å²) >= 11 is 6.44. The minimum Gasteiger partial charge on any atom is -0.345 e. The van der Waals surface area contributed by atoms with Crippen LogP contribution in [0.3, 0.4) is 0 Å². The van der Waals surface area contributed by atoms with Gasteiger partial charge in [0.1, 0.15) is 11.2 Å². The van der Waals surface area contributed by atoms with E-state index < -0.39 is 5.38 Å². The molecule has 3 nitrogen and oxygen atoms in total. The Kier molecular flexibility index (Phi) is 6.66. The van der Waals surface area contributed by atoms with Crippen LogP contribution in [-0.4, -0.2) is 21.9 Å². The molecule has 0 fully saturated rings. The van der Waals surface area contributed by atoms with Gasteiger partial charge in [-0.1, -0.05) is 48.5 Å². The molecule has 28 heavy (non-hydrogen) atoms. The van der Waals surface area contributed by atoms with Gasteiger partial charge in [0, 0.05) is 25.0 Å². The normalized spacial score (nSPS) is 11.8. The number of amides is 1. The maximum Gasteiger partial charge on any atom is 0.245 e. The fourth-order valence-corrected chi connectivity index (χ4v) is 3.37. The highest BCUT2D eigenvalue weighted by Crippen LogP contribution is 2.24. The van der Waals surface area contributed by atoms with Crippen LogP contribution in [0.2, 0.25) is 0 Å². The van der Waals surface area contributed by atoms with E-state index in [2.05, 4.69) is 6.58 Å². The second-order valence-corrected chi connectivity index (χ2v) is 6.97. The second kappa shape index (κ2) is 9.38. The summed E-state index contributed by atoms with van der Waals surface area (Å²) in [7, 11) is 0. The van der Waals surface area contributed by atoms with Crippen LogP contribution in [0.25, 0.3) is 0 Å². The molecule has 0 aliphatic carbocycles. The van der Waals surface area contributed by atoms with Crippen LogP contribution in [0.4, 0.5) is 4.39 Å². The van der Waals surface area contributed by atoms with Crippen molar-refractivity contribution in [3.8, 4) is 0 Å². The van der Waals surface area contributed by atoms with Gasteiger partial charge in [0.2, 0.25) is 5.91 Å². The zero-order valence-corrected chi connectivity index (χ0v) is 16.2. The van der Waals surface area contributed by atoms with Gasteiger partial charge in [-0.15, -0.1) is 18.2 Å². The van der Waals surface area contributed by atoms with Crippen molar-refractivity contribution in [2.45, 2.75) is 18.5 Å². The summed E-state index contributed by atoms with van der Waals surface area (Å²) in [5.41, 5.74) is 2.56. The molecule has 1 atom stereocenters. The van der Waals surface area contributed by atoms with Gasteiger partial charge >= 0.3 is 0 Å². The molecule has 1 heterocycles. The summed E-state index contributed by atoms with van der Waals surface area (Å²) in [5, 5.41) is -0.757. The van der Waals surface area contributed by atoms with E-state index in [0.717, 1.165) is 16.8 Å². The lowest BCUT2D eigenvalue weighted by molar-refractivity contribution is -0.131. The standard InChI is InChI=1S/C23H22ClFN2O/c1-2-13-27(23(28)22(24)19-9-4-3-5-10-19)17-21-12-7-14-26(21)16-18-8-6-11-20(25)15-18/h2-12,14-15,22H,1,13,16-17H2/t22-/m1/s1. The molecular formula is C23H22ClFN2O.